The second-order valence-corrected chi connectivity index (χ2v) is 5.63. The van der Waals surface area contributed by atoms with Crippen LogP contribution in [-0.2, 0) is 0 Å². The van der Waals surface area contributed by atoms with Gasteiger partial charge in [0.2, 0.25) is 0 Å². The summed E-state index contributed by atoms with van der Waals surface area (Å²) in [5, 5.41) is 12.3. The Morgan fingerprint density at radius 2 is 2.10 bits per heavy atom. The first-order valence-corrected chi connectivity index (χ1v) is 7.77. The molecule has 118 valence electrons. The fourth-order valence-corrected chi connectivity index (χ4v) is 2.26. The lowest BCUT2D eigenvalue weighted by molar-refractivity contribution is 0.0693. The highest BCUT2D eigenvalue weighted by molar-refractivity contribution is 5.95. The van der Waals surface area contributed by atoms with E-state index in [1.54, 1.807) is 0 Å². The van der Waals surface area contributed by atoms with Crippen LogP contribution < -0.4 is 5.32 Å². The van der Waals surface area contributed by atoms with E-state index < -0.39 is 0 Å². The van der Waals surface area contributed by atoms with Crippen LogP contribution in [0.25, 0.3) is 0 Å². The molecular weight excluding hydrogens is 264 g/mol. The van der Waals surface area contributed by atoms with Crippen LogP contribution in [0.1, 0.15) is 49.5 Å². The molecule has 4 heteroatoms. The molecule has 1 amide bonds. The van der Waals surface area contributed by atoms with E-state index in [0.29, 0.717) is 18.5 Å². The summed E-state index contributed by atoms with van der Waals surface area (Å²) in [5.41, 5.74) is 2.88. The molecule has 0 aromatic heterocycles. The maximum absolute atomic E-state index is 12.6. The number of hydrogen-bond donors (Lipinski definition) is 2. The van der Waals surface area contributed by atoms with E-state index in [-0.39, 0.29) is 18.6 Å². The van der Waals surface area contributed by atoms with Crippen LogP contribution in [0, 0.1) is 6.92 Å². The molecule has 2 N–H and O–H groups in total. The van der Waals surface area contributed by atoms with E-state index in [9.17, 15) is 4.79 Å². The van der Waals surface area contributed by atoms with Gasteiger partial charge in [-0.3, -0.25) is 4.79 Å². The van der Waals surface area contributed by atoms with E-state index in [4.69, 9.17) is 5.11 Å². The maximum Gasteiger partial charge on any atom is 0.254 e. The Kier molecular flexibility index (Phi) is 7.23. The van der Waals surface area contributed by atoms with Crippen LogP contribution in [0.15, 0.2) is 18.2 Å². The zero-order valence-electron chi connectivity index (χ0n) is 13.6. The van der Waals surface area contributed by atoms with Crippen LogP contribution in [-0.4, -0.2) is 41.7 Å². The van der Waals surface area contributed by atoms with Gasteiger partial charge in [-0.25, -0.2) is 0 Å². The summed E-state index contributed by atoms with van der Waals surface area (Å²) in [6.45, 7) is 9.77. The molecule has 4 nitrogen and oxygen atoms in total. The Hall–Kier alpha value is -1.55. The van der Waals surface area contributed by atoms with E-state index in [1.165, 1.54) is 0 Å². The molecule has 1 aromatic carbocycles. The predicted molar refractivity (Wildman–Crippen MR) is 87.8 cm³/mol. The lowest BCUT2D eigenvalue weighted by Gasteiger charge is -2.27. The van der Waals surface area contributed by atoms with E-state index in [2.05, 4.69) is 12.2 Å². The highest BCUT2D eigenvalue weighted by Crippen LogP contribution is 2.18. The van der Waals surface area contributed by atoms with Gasteiger partial charge >= 0.3 is 0 Å². The summed E-state index contributed by atoms with van der Waals surface area (Å²) < 4.78 is 0. The highest BCUT2D eigenvalue weighted by atomic mass is 16.3. The van der Waals surface area contributed by atoms with Crippen molar-refractivity contribution in [2.45, 2.75) is 46.6 Å². The van der Waals surface area contributed by atoms with Crippen molar-refractivity contribution in [2.75, 3.05) is 25.0 Å². The van der Waals surface area contributed by atoms with E-state index >= 15 is 0 Å². The summed E-state index contributed by atoms with van der Waals surface area (Å²) >= 11 is 0. The van der Waals surface area contributed by atoms with Crippen molar-refractivity contribution in [1.29, 1.82) is 0 Å². The van der Waals surface area contributed by atoms with Crippen LogP contribution in [0.3, 0.4) is 0 Å². The number of rotatable bonds is 8. The number of carbonyl (C=O) groups excluding carboxylic acids is 1. The molecular formula is C17H28N2O2. The summed E-state index contributed by atoms with van der Waals surface area (Å²) in [6.07, 6.45) is 1.68. The standard InChI is InChI=1S/C17H28N2O2/c1-5-9-18-16-8-7-15(12-14(16)4)17(21)19(13(2)3)10-6-11-20/h7-8,12-13,18,20H,5-6,9-11H2,1-4H3. The third-order valence-corrected chi connectivity index (χ3v) is 3.48. The smallest absolute Gasteiger partial charge is 0.254 e. The van der Waals surface area contributed by atoms with E-state index in [1.807, 2.05) is 43.9 Å². The largest absolute Gasteiger partial charge is 0.396 e. The average Bonchev–Trinajstić information content (AvgIpc) is 2.45. The average molecular weight is 292 g/mol. The number of aliphatic hydroxyl groups excluding tert-OH is 1. The minimum absolute atomic E-state index is 0.0311. The Balaban J connectivity index is 2.87. The second kappa shape index (κ2) is 8.67. The first-order valence-electron chi connectivity index (χ1n) is 7.77. The van der Waals surface area contributed by atoms with Crippen molar-refractivity contribution in [3.8, 4) is 0 Å². The number of nitrogens with one attached hydrogen (secondary N) is 1. The number of benzene rings is 1. The molecule has 0 radical (unpaired) electrons. The molecule has 0 fully saturated rings. The number of nitrogens with zero attached hydrogens (tertiary/aromatic N) is 1. The van der Waals surface area contributed by atoms with Crippen molar-refractivity contribution in [1.82, 2.24) is 4.90 Å². The topological polar surface area (TPSA) is 52.6 Å². The molecule has 1 rings (SSSR count). The van der Waals surface area contributed by atoms with Gasteiger partial charge in [0.1, 0.15) is 0 Å². The molecule has 0 spiro atoms. The monoisotopic (exact) mass is 292 g/mol. The molecule has 0 unspecified atom stereocenters. The Morgan fingerprint density at radius 1 is 1.38 bits per heavy atom. The number of carbonyl (C=O) groups is 1. The highest BCUT2D eigenvalue weighted by Gasteiger charge is 2.18. The van der Waals surface area contributed by atoms with Crippen LogP contribution in [0.5, 0.6) is 0 Å². The molecule has 0 bridgehead atoms. The van der Waals surface area contributed by atoms with Crippen molar-refractivity contribution >= 4 is 11.6 Å². The summed E-state index contributed by atoms with van der Waals surface area (Å²) in [6, 6.07) is 5.92. The fourth-order valence-electron chi connectivity index (χ4n) is 2.26. The van der Waals surface area contributed by atoms with Gasteiger partial charge in [-0.1, -0.05) is 6.92 Å². The molecule has 0 saturated carbocycles. The molecule has 0 saturated heterocycles. The van der Waals surface area contributed by atoms with Gasteiger partial charge in [-0.15, -0.1) is 0 Å². The van der Waals surface area contributed by atoms with E-state index in [0.717, 1.165) is 24.2 Å². The van der Waals surface area contributed by atoms with Gasteiger partial charge < -0.3 is 15.3 Å². The molecule has 0 aliphatic heterocycles. The molecule has 0 atom stereocenters. The number of hydrogen-bond acceptors (Lipinski definition) is 3. The minimum atomic E-state index is 0.0311. The minimum Gasteiger partial charge on any atom is -0.396 e. The molecule has 0 aliphatic rings. The third kappa shape index (κ3) is 5.05. The Morgan fingerprint density at radius 3 is 2.62 bits per heavy atom. The van der Waals surface area contributed by atoms with Gasteiger partial charge in [-0.2, -0.15) is 0 Å². The van der Waals surface area contributed by atoms with Crippen LogP contribution in [0.4, 0.5) is 5.69 Å². The second-order valence-electron chi connectivity index (χ2n) is 5.63. The lowest BCUT2D eigenvalue weighted by Crippen LogP contribution is -2.38. The predicted octanol–water partition coefficient (Wildman–Crippen LogP) is 3.05. The van der Waals surface area contributed by atoms with Crippen molar-refractivity contribution in [3.05, 3.63) is 29.3 Å². The van der Waals surface area contributed by atoms with Crippen LogP contribution in [0.2, 0.25) is 0 Å². The van der Waals surface area contributed by atoms with Crippen molar-refractivity contribution in [2.24, 2.45) is 0 Å². The Bertz CT molecular complexity index is 458. The summed E-state index contributed by atoms with van der Waals surface area (Å²) in [7, 11) is 0. The lowest BCUT2D eigenvalue weighted by atomic mass is 10.1. The third-order valence-electron chi connectivity index (χ3n) is 3.48. The maximum atomic E-state index is 12.6. The number of aryl methyl sites for hydroxylation is 1. The summed E-state index contributed by atoms with van der Waals surface area (Å²) in [5.74, 6) is 0.0311. The molecule has 0 heterocycles. The molecule has 0 aliphatic carbocycles. The van der Waals surface area contributed by atoms with Gasteiger partial charge in [0.15, 0.2) is 0 Å². The zero-order valence-corrected chi connectivity index (χ0v) is 13.6. The number of aliphatic hydroxyl groups is 1. The summed E-state index contributed by atoms with van der Waals surface area (Å²) in [4.78, 5) is 14.4. The number of amides is 1. The first kappa shape index (κ1) is 17.5. The van der Waals surface area contributed by atoms with Gasteiger partial charge in [-0.05, 0) is 57.4 Å². The van der Waals surface area contributed by atoms with Crippen molar-refractivity contribution in [3.63, 3.8) is 0 Å². The van der Waals surface area contributed by atoms with Crippen molar-refractivity contribution < 1.29 is 9.90 Å². The van der Waals surface area contributed by atoms with Crippen LogP contribution >= 0.6 is 0 Å². The molecule has 1 aromatic rings. The molecule has 21 heavy (non-hydrogen) atoms. The van der Waals surface area contributed by atoms with Gasteiger partial charge in [0, 0.05) is 37.0 Å². The quantitative estimate of drug-likeness (QED) is 0.774. The first-order chi connectivity index (χ1) is 10.0. The van der Waals surface area contributed by atoms with Gasteiger partial charge in [0.05, 0.1) is 0 Å². The Labute approximate surface area is 128 Å². The number of anilines is 1. The fraction of sp³-hybridized carbons (Fsp3) is 0.588. The SMILES string of the molecule is CCCNc1ccc(C(=O)N(CCCO)C(C)C)cc1C. The zero-order chi connectivity index (χ0) is 15.8. The normalized spacial score (nSPS) is 10.8. The van der Waals surface area contributed by atoms with Gasteiger partial charge in [0.25, 0.3) is 5.91 Å².